The van der Waals surface area contributed by atoms with Crippen LogP contribution < -0.4 is 0 Å². The summed E-state index contributed by atoms with van der Waals surface area (Å²) in [5, 5.41) is 8.28. The zero-order valence-corrected chi connectivity index (χ0v) is 9.08. The first-order valence-corrected chi connectivity index (χ1v) is 4.71. The average Bonchev–Trinajstić information content (AvgIpc) is 2.19. The summed E-state index contributed by atoms with van der Waals surface area (Å²) >= 11 is 5.54. The topological polar surface area (TPSA) is 54.4 Å². The maximum absolute atomic E-state index is 13.5. The van der Waals surface area contributed by atoms with Gasteiger partial charge in [0.1, 0.15) is 5.82 Å². The average molecular weight is 243 g/mol. The Balaban J connectivity index is 3.37. The molecule has 16 heavy (non-hydrogen) atoms. The van der Waals surface area contributed by atoms with Crippen LogP contribution in [0.25, 0.3) is 6.08 Å². The standard InChI is InChI=1S/C11H8ClFO3/c1-6(14)7-2-4-9(12)11(13)8(7)3-5-10(15)16/h2-5H,1H3,(H,15,16). The summed E-state index contributed by atoms with van der Waals surface area (Å²) in [6.07, 6.45) is 1.77. The number of carbonyl (C=O) groups excluding carboxylic acids is 1. The summed E-state index contributed by atoms with van der Waals surface area (Å²) < 4.78 is 13.5. The molecule has 0 saturated heterocycles. The van der Waals surface area contributed by atoms with E-state index in [2.05, 4.69) is 0 Å². The van der Waals surface area contributed by atoms with Crippen LogP contribution in [0.2, 0.25) is 5.02 Å². The Morgan fingerprint density at radius 3 is 2.56 bits per heavy atom. The van der Waals surface area contributed by atoms with Gasteiger partial charge in [-0.15, -0.1) is 0 Å². The van der Waals surface area contributed by atoms with Crippen LogP contribution in [0, 0.1) is 5.82 Å². The first kappa shape index (κ1) is 12.4. The van der Waals surface area contributed by atoms with Crippen LogP contribution in [0.5, 0.6) is 0 Å². The van der Waals surface area contributed by atoms with Crippen LogP contribution in [0.15, 0.2) is 18.2 Å². The Morgan fingerprint density at radius 1 is 1.44 bits per heavy atom. The second-order valence-electron chi connectivity index (χ2n) is 3.05. The minimum Gasteiger partial charge on any atom is -0.478 e. The molecule has 0 aromatic heterocycles. The number of rotatable bonds is 3. The molecule has 3 nitrogen and oxygen atoms in total. The molecule has 1 N–H and O–H groups in total. The molecule has 0 radical (unpaired) electrons. The minimum atomic E-state index is -1.23. The van der Waals surface area contributed by atoms with E-state index >= 15 is 0 Å². The lowest BCUT2D eigenvalue weighted by Crippen LogP contribution is -2.00. The highest BCUT2D eigenvalue weighted by Gasteiger charge is 2.13. The van der Waals surface area contributed by atoms with E-state index in [-0.39, 0.29) is 21.9 Å². The number of carbonyl (C=O) groups is 2. The summed E-state index contributed by atoms with van der Waals surface area (Å²) in [6, 6.07) is 2.61. The van der Waals surface area contributed by atoms with Gasteiger partial charge < -0.3 is 5.11 Å². The molecule has 0 saturated carbocycles. The normalized spacial score (nSPS) is 10.7. The van der Waals surface area contributed by atoms with Gasteiger partial charge in [0.15, 0.2) is 5.78 Å². The highest BCUT2D eigenvalue weighted by molar-refractivity contribution is 6.31. The van der Waals surface area contributed by atoms with Crippen molar-refractivity contribution < 1.29 is 19.1 Å². The van der Waals surface area contributed by atoms with Gasteiger partial charge in [0.2, 0.25) is 0 Å². The maximum atomic E-state index is 13.5. The second kappa shape index (κ2) is 4.90. The molecule has 0 amide bonds. The molecule has 1 rings (SSSR count). The molecule has 5 heteroatoms. The molecule has 0 heterocycles. The molecule has 0 atom stereocenters. The predicted octanol–water partition coefficient (Wildman–Crippen LogP) is 2.78. The molecule has 0 aliphatic heterocycles. The van der Waals surface area contributed by atoms with Crippen molar-refractivity contribution in [1.29, 1.82) is 0 Å². The summed E-state index contributed by atoms with van der Waals surface area (Å²) in [7, 11) is 0. The Kier molecular flexibility index (Phi) is 3.79. The lowest BCUT2D eigenvalue weighted by molar-refractivity contribution is -0.131. The van der Waals surface area contributed by atoms with Crippen LogP contribution >= 0.6 is 11.6 Å². The first-order valence-electron chi connectivity index (χ1n) is 4.33. The Morgan fingerprint density at radius 2 is 2.06 bits per heavy atom. The lowest BCUT2D eigenvalue weighted by atomic mass is 10.0. The zero-order valence-electron chi connectivity index (χ0n) is 8.33. The van der Waals surface area contributed by atoms with Gasteiger partial charge in [-0.3, -0.25) is 4.79 Å². The minimum absolute atomic E-state index is 0.0967. The maximum Gasteiger partial charge on any atom is 0.328 e. The third-order valence-electron chi connectivity index (χ3n) is 1.90. The summed E-state index contributed by atoms with van der Waals surface area (Å²) in [4.78, 5) is 21.5. The number of benzene rings is 1. The molecular weight excluding hydrogens is 235 g/mol. The third kappa shape index (κ3) is 2.67. The van der Waals surface area contributed by atoms with Crippen LogP contribution in [-0.4, -0.2) is 16.9 Å². The van der Waals surface area contributed by atoms with Gasteiger partial charge in [-0.25, -0.2) is 9.18 Å². The van der Waals surface area contributed by atoms with E-state index in [1.165, 1.54) is 19.1 Å². The molecule has 1 aromatic rings. The highest BCUT2D eigenvalue weighted by atomic mass is 35.5. The summed E-state index contributed by atoms with van der Waals surface area (Å²) in [5.74, 6) is -2.39. The number of halogens is 2. The fourth-order valence-corrected chi connectivity index (χ4v) is 1.36. The van der Waals surface area contributed by atoms with Gasteiger partial charge >= 0.3 is 5.97 Å². The Labute approximate surface area is 96.2 Å². The smallest absolute Gasteiger partial charge is 0.328 e. The number of carboxylic acid groups (broad SMARTS) is 1. The van der Waals surface area contributed by atoms with E-state index in [4.69, 9.17) is 16.7 Å². The van der Waals surface area contributed by atoms with E-state index in [1.807, 2.05) is 0 Å². The van der Waals surface area contributed by atoms with E-state index in [0.717, 1.165) is 12.2 Å². The fraction of sp³-hybridized carbons (Fsp3) is 0.0909. The highest BCUT2D eigenvalue weighted by Crippen LogP contribution is 2.23. The summed E-state index contributed by atoms with van der Waals surface area (Å²) in [6.45, 7) is 1.26. The van der Waals surface area contributed by atoms with Crippen molar-refractivity contribution in [3.8, 4) is 0 Å². The van der Waals surface area contributed by atoms with E-state index in [1.54, 1.807) is 0 Å². The van der Waals surface area contributed by atoms with Gasteiger partial charge in [0.05, 0.1) is 5.02 Å². The predicted molar refractivity (Wildman–Crippen MR) is 58.1 cm³/mol. The van der Waals surface area contributed by atoms with Crippen molar-refractivity contribution in [2.45, 2.75) is 6.92 Å². The SMILES string of the molecule is CC(=O)c1ccc(Cl)c(F)c1C=CC(=O)O. The number of ketones is 1. The first-order chi connectivity index (χ1) is 7.43. The van der Waals surface area contributed by atoms with Gasteiger partial charge in [0, 0.05) is 17.2 Å². The van der Waals surface area contributed by atoms with Gasteiger partial charge in [-0.2, -0.15) is 0 Å². The van der Waals surface area contributed by atoms with Crippen molar-refractivity contribution in [3.05, 3.63) is 40.2 Å². The van der Waals surface area contributed by atoms with E-state index in [9.17, 15) is 14.0 Å². The molecule has 0 aliphatic carbocycles. The molecule has 84 valence electrons. The molecule has 0 aliphatic rings. The zero-order chi connectivity index (χ0) is 12.3. The van der Waals surface area contributed by atoms with Gasteiger partial charge in [-0.1, -0.05) is 11.6 Å². The van der Waals surface area contributed by atoms with Crippen molar-refractivity contribution in [3.63, 3.8) is 0 Å². The Bertz CT molecular complexity index is 480. The molecule has 0 bridgehead atoms. The number of aliphatic carboxylic acids is 1. The largest absolute Gasteiger partial charge is 0.478 e. The van der Waals surface area contributed by atoms with Crippen LogP contribution in [-0.2, 0) is 4.79 Å². The molecule has 0 fully saturated rings. The molecule has 1 aromatic carbocycles. The van der Waals surface area contributed by atoms with Crippen molar-refractivity contribution in [2.75, 3.05) is 0 Å². The number of carboxylic acids is 1. The van der Waals surface area contributed by atoms with Crippen molar-refractivity contribution >= 4 is 29.4 Å². The van der Waals surface area contributed by atoms with Crippen LogP contribution in [0.1, 0.15) is 22.8 Å². The van der Waals surface area contributed by atoms with Crippen LogP contribution in [0.4, 0.5) is 4.39 Å². The third-order valence-corrected chi connectivity index (χ3v) is 2.20. The number of hydrogen-bond acceptors (Lipinski definition) is 2. The van der Waals surface area contributed by atoms with Crippen molar-refractivity contribution in [1.82, 2.24) is 0 Å². The monoisotopic (exact) mass is 242 g/mol. The molecular formula is C11H8ClFO3. The fourth-order valence-electron chi connectivity index (χ4n) is 1.19. The van der Waals surface area contributed by atoms with E-state index < -0.39 is 11.8 Å². The Hall–Kier alpha value is -1.68. The quantitative estimate of drug-likeness (QED) is 0.655. The summed E-state index contributed by atoms with van der Waals surface area (Å²) in [5.41, 5.74) is -0.0122. The molecule has 0 unspecified atom stereocenters. The van der Waals surface area contributed by atoms with Gasteiger partial charge in [-0.05, 0) is 25.1 Å². The van der Waals surface area contributed by atoms with Crippen LogP contribution in [0.3, 0.4) is 0 Å². The number of Topliss-reactive ketones (excluding diaryl/α,β-unsaturated/α-hetero) is 1. The number of hydrogen-bond donors (Lipinski definition) is 1. The molecule has 0 spiro atoms. The lowest BCUT2D eigenvalue weighted by Gasteiger charge is -2.04. The van der Waals surface area contributed by atoms with Crippen molar-refractivity contribution in [2.24, 2.45) is 0 Å². The second-order valence-corrected chi connectivity index (χ2v) is 3.46. The van der Waals surface area contributed by atoms with E-state index in [0.29, 0.717) is 0 Å². The van der Waals surface area contributed by atoms with Gasteiger partial charge in [0.25, 0.3) is 0 Å².